The zero-order chi connectivity index (χ0) is 17.3. The molecule has 1 aromatic carbocycles. The van der Waals surface area contributed by atoms with E-state index in [0.29, 0.717) is 11.3 Å². The number of Topliss-reactive ketones (excluding diaryl/α,β-unsaturated/α-hetero) is 1. The molecule has 2 aromatic rings. The number of carbonyl (C=O) groups is 1. The molecule has 0 spiro atoms. The van der Waals surface area contributed by atoms with Crippen molar-refractivity contribution in [2.75, 3.05) is 0 Å². The van der Waals surface area contributed by atoms with Crippen LogP contribution in [0.15, 0.2) is 59.7 Å². The summed E-state index contributed by atoms with van der Waals surface area (Å²) in [5, 5.41) is 12.2. The number of pyridine rings is 1. The highest BCUT2D eigenvalue weighted by atomic mass is 16.1. The minimum absolute atomic E-state index is 0.234. The lowest BCUT2D eigenvalue weighted by atomic mass is 9.74. The fraction of sp³-hybridized carbons (Fsp3) is 0.0588. The number of para-hydroxylation sites is 1. The van der Waals surface area contributed by atoms with Gasteiger partial charge in [0.15, 0.2) is 11.2 Å². The number of amidine groups is 2. The van der Waals surface area contributed by atoms with Gasteiger partial charge in [-0.05, 0) is 18.2 Å². The van der Waals surface area contributed by atoms with Crippen molar-refractivity contribution in [2.45, 2.75) is 0 Å². The number of benzene rings is 1. The van der Waals surface area contributed by atoms with Crippen LogP contribution in [-0.4, -0.2) is 22.4 Å². The molecular weight excluding hydrogens is 304 g/mol. The van der Waals surface area contributed by atoms with Crippen molar-refractivity contribution in [2.24, 2.45) is 27.8 Å². The highest BCUT2D eigenvalue weighted by molar-refractivity contribution is 6.40. The zero-order valence-corrected chi connectivity index (χ0v) is 12.7. The average Bonchev–Trinajstić information content (AvgIpc) is 2.60. The first-order valence-corrected chi connectivity index (χ1v) is 7.19. The Labute approximate surface area is 138 Å². The van der Waals surface area contributed by atoms with Crippen LogP contribution in [0.25, 0.3) is 16.5 Å². The van der Waals surface area contributed by atoms with Gasteiger partial charge in [-0.3, -0.25) is 10.2 Å². The summed E-state index contributed by atoms with van der Waals surface area (Å²) in [6, 6.07) is 11.2. The third-order valence-electron chi connectivity index (χ3n) is 4.05. The number of rotatable bonds is 3. The Bertz CT molecular complexity index is 943. The maximum absolute atomic E-state index is 13.0. The van der Waals surface area contributed by atoms with Gasteiger partial charge in [0.25, 0.3) is 0 Å². The SMILES string of the molecule is N=C(N)C1(/C(N)=N/N)C=CC=C(c2ccc3ccccc3n2)C1=O. The van der Waals surface area contributed by atoms with E-state index in [1.54, 1.807) is 18.2 Å². The molecule has 7 nitrogen and oxygen atoms in total. The first-order chi connectivity index (χ1) is 11.5. The molecule has 0 bridgehead atoms. The van der Waals surface area contributed by atoms with E-state index in [0.717, 1.165) is 10.9 Å². The highest BCUT2D eigenvalue weighted by Gasteiger charge is 2.46. The number of nitrogens with one attached hydrogen (secondary N) is 1. The van der Waals surface area contributed by atoms with Gasteiger partial charge in [0, 0.05) is 11.0 Å². The Hall–Kier alpha value is -3.48. The highest BCUT2D eigenvalue weighted by Crippen LogP contribution is 2.33. The van der Waals surface area contributed by atoms with Crippen LogP contribution in [0.2, 0.25) is 0 Å². The molecule has 0 fully saturated rings. The number of hydrogen-bond donors (Lipinski definition) is 4. The molecule has 7 heteroatoms. The van der Waals surface area contributed by atoms with Crippen molar-refractivity contribution in [3.63, 3.8) is 0 Å². The van der Waals surface area contributed by atoms with Crippen LogP contribution in [0.5, 0.6) is 0 Å². The third-order valence-corrected chi connectivity index (χ3v) is 4.05. The predicted octanol–water partition coefficient (Wildman–Crippen LogP) is 0.910. The third kappa shape index (κ3) is 2.14. The van der Waals surface area contributed by atoms with Gasteiger partial charge in [-0.2, -0.15) is 5.10 Å². The number of ketones is 1. The normalized spacial score (nSPS) is 20.9. The Morgan fingerprint density at radius 1 is 1.17 bits per heavy atom. The molecule has 0 aliphatic heterocycles. The van der Waals surface area contributed by atoms with E-state index in [4.69, 9.17) is 22.7 Å². The van der Waals surface area contributed by atoms with Gasteiger partial charge in [0.05, 0.1) is 11.2 Å². The van der Waals surface area contributed by atoms with E-state index in [2.05, 4.69) is 10.1 Å². The van der Waals surface area contributed by atoms with Crippen molar-refractivity contribution in [3.8, 4) is 0 Å². The van der Waals surface area contributed by atoms with Crippen LogP contribution >= 0.6 is 0 Å². The molecule has 120 valence electrons. The number of fused-ring (bicyclic) bond motifs is 1. The quantitative estimate of drug-likeness (QED) is 0.287. The zero-order valence-electron chi connectivity index (χ0n) is 12.7. The number of aromatic nitrogens is 1. The van der Waals surface area contributed by atoms with Gasteiger partial charge in [-0.25, -0.2) is 4.98 Å². The standard InChI is InChI=1S/C17H16N6O/c18-15(19)17(16(20)23-21)9-3-5-11(14(17)24)13-8-7-10-4-1-2-6-12(10)22-13/h1-9H,21H2,(H3,18,19)(H2,20,23). The maximum Gasteiger partial charge on any atom is 0.190 e. The molecular formula is C17H16N6O. The molecule has 0 amide bonds. The summed E-state index contributed by atoms with van der Waals surface area (Å²) in [6.45, 7) is 0. The first-order valence-electron chi connectivity index (χ1n) is 7.19. The van der Waals surface area contributed by atoms with E-state index in [9.17, 15) is 4.79 Å². The number of nitrogens with two attached hydrogens (primary N) is 3. The van der Waals surface area contributed by atoms with Crippen LogP contribution < -0.4 is 17.3 Å². The fourth-order valence-electron chi connectivity index (χ4n) is 2.72. The van der Waals surface area contributed by atoms with Crippen molar-refractivity contribution in [1.29, 1.82) is 5.41 Å². The second-order valence-corrected chi connectivity index (χ2v) is 5.39. The summed E-state index contributed by atoms with van der Waals surface area (Å²) in [5.41, 5.74) is 11.3. The molecule has 1 atom stereocenters. The first kappa shape index (κ1) is 15.4. The van der Waals surface area contributed by atoms with E-state index < -0.39 is 17.0 Å². The summed E-state index contributed by atoms with van der Waals surface area (Å²) in [4.78, 5) is 17.5. The molecule has 1 aliphatic carbocycles. The predicted molar refractivity (Wildman–Crippen MR) is 94.0 cm³/mol. The van der Waals surface area contributed by atoms with E-state index in [1.165, 1.54) is 6.08 Å². The van der Waals surface area contributed by atoms with Crippen LogP contribution in [0.1, 0.15) is 5.69 Å². The monoisotopic (exact) mass is 320 g/mol. The van der Waals surface area contributed by atoms with Gasteiger partial charge in [-0.1, -0.05) is 36.4 Å². The van der Waals surface area contributed by atoms with Gasteiger partial charge in [-0.15, -0.1) is 0 Å². The summed E-state index contributed by atoms with van der Waals surface area (Å²) in [7, 11) is 0. The van der Waals surface area contributed by atoms with Crippen molar-refractivity contribution in [1.82, 2.24) is 4.98 Å². The van der Waals surface area contributed by atoms with Crippen LogP contribution in [0.3, 0.4) is 0 Å². The number of carbonyl (C=O) groups excluding carboxylic acids is 1. The second-order valence-electron chi connectivity index (χ2n) is 5.39. The number of hydrazone groups is 1. The molecule has 1 unspecified atom stereocenters. The van der Waals surface area contributed by atoms with Crippen LogP contribution in [-0.2, 0) is 4.79 Å². The van der Waals surface area contributed by atoms with Crippen molar-refractivity contribution in [3.05, 3.63) is 60.3 Å². The van der Waals surface area contributed by atoms with Gasteiger partial charge < -0.3 is 17.3 Å². The van der Waals surface area contributed by atoms with Gasteiger partial charge in [0.2, 0.25) is 0 Å². The lowest BCUT2D eigenvalue weighted by Crippen LogP contribution is -2.53. The van der Waals surface area contributed by atoms with Crippen molar-refractivity contribution >= 4 is 33.9 Å². The minimum atomic E-state index is -1.67. The molecule has 1 aromatic heterocycles. The molecule has 1 aliphatic rings. The number of allylic oxidation sites excluding steroid dienone is 3. The summed E-state index contributed by atoms with van der Waals surface area (Å²) < 4.78 is 0. The Kier molecular flexibility index (Phi) is 3.61. The molecule has 7 N–H and O–H groups in total. The number of nitrogens with zero attached hydrogens (tertiary/aromatic N) is 2. The van der Waals surface area contributed by atoms with E-state index in [1.807, 2.05) is 30.3 Å². The molecule has 1 heterocycles. The topological polar surface area (TPSA) is 144 Å². The lowest BCUT2D eigenvalue weighted by Gasteiger charge is -2.29. The second kappa shape index (κ2) is 5.62. The summed E-state index contributed by atoms with van der Waals surface area (Å²) in [5.74, 6) is 4.08. The summed E-state index contributed by atoms with van der Waals surface area (Å²) in [6.07, 6.45) is 4.64. The van der Waals surface area contributed by atoms with Gasteiger partial charge in [0.1, 0.15) is 11.7 Å². The number of hydrogen-bond acceptors (Lipinski definition) is 5. The molecule has 0 saturated heterocycles. The van der Waals surface area contributed by atoms with E-state index >= 15 is 0 Å². The average molecular weight is 320 g/mol. The Balaban J connectivity index is 2.14. The van der Waals surface area contributed by atoms with Crippen LogP contribution in [0, 0.1) is 10.8 Å². The Morgan fingerprint density at radius 2 is 1.92 bits per heavy atom. The van der Waals surface area contributed by atoms with Gasteiger partial charge >= 0.3 is 0 Å². The molecule has 0 saturated carbocycles. The maximum atomic E-state index is 13.0. The molecule has 3 rings (SSSR count). The Morgan fingerprint density at radius 3 is 2.62 bits per heavy atom. The smallest absolute Gasteiger partial charge is 0.190 e. The van der Waals surface area contributed by atoms with E-state index in [-0.39, 0.29) is 5.84 Å². The van der Waals surface area contributed by atoms with Crippen LogP contribution in [0.4, 0.5) is 0 Å². The van der Waals surface area contributed by atoms with Crippen molar-refractivity contribution < 1.29 is 4.79 Å². The largest absolute Gasteiger partial charge is 0.386 e. The lowest BCUT2D eigenvalue weighted by molar-refractivity contribution is -0.116. The molecule has 0 radical (unpaired) electrons. The molecule has 24 heavy (non-hydrogen) atoms. The summed E-state index contributed by atoms with van der Waals surface area (Å²) >= 11 is 0. The fourth-order valence-corrected chi connectivity index (χ4v) is 2.72. The minimum Gasteiger partial charge on any atom is -0.386 e.